The molecule has 0 aliphatic carbocycles. The van der Waals surface area contributed by atoms with Gasteiger partial charge in [0.05, 0.1) is 4.88 Å². The molecule has 0 spiro atoms. The van der Waals surface area contributed by atoms with Gasteiger partial charge in [0, 0.05) is 22.6 Å². The molecule has 3 aromatic rings. The van der Waals surface area contributed by atoms with Gasteiger partial charge in [0.2, 0.25) is 0 Å². The lowest BCUT2D eigenvalue weighted by molar-refractivity contribution is -0.143. The van der Waals surface area contributed by atoms with E-state index in [-0.39, 0.29) is 30.4 Å². The molecule has 8 heteroatoms. The zero-order chi connectivity index (χ0) is 18.7. The van der Waals surface area contributed by atoms with E-state index in [1.54, 1.807) is 30.5 Å². The molecule has 0 atom stereocenters. The maximum atomic E-state index is 11.9. The minimum Gasteiger partial charge on any atom is -0.508 e. The van der Waals surface area contributed by atoms with Gasteiger partial charge < -0.3 is 19.6 Å². The van der Waals surface area contributed by atoms with Gasteiger partial charge in [-0.05, 0) is 30.5 Å². The van der Waals surface area contributed by atoms with Crippen LogP contribution in [0, 0.1) is 6.92 Å². The van der Waals surface area contributed by atoms with Crippen molar-refractivity contribution in [2.45, 2.75) is 13.5 Å². The van der Waals surface area contributed by atoms with Crippen LogP contribution in [-0.4, -0.2) is 23.5 Å². The van der Waals surface area contributed by atoms with Gasteiger partial charge in [-0.25, -0.2) is 4.79 Å². The number of hydrogen-bond donors (Lipinski definition) is 2. The topological polar surface area (TPSA) is 106 Å². The standard InChI is InChI=1S/C18H15NO6S/c1-10-13(20)5-4-12-11(7-15(21)25-17(10)12)9-24-16(22)8-19-18(23)14-3-2-6-26-14/h2-7,20H,8-9H2,1H3,(H,19,23). The molecule has 1 amide bonds. The molecule has 7 nitrogen and oxygen atoms in total. The van der Waals surface area contributed by atoms with Crippen LogP contribution in [0.15, 0.2) is 44.9 Å². The van der Waals surface area contributed by atoms with Crippen LogP contribution in [0.3, 0.4) is 0 Å². The summed E-state index contributed by atoms with van der Waals surface area (Å²) in [7, 11) is 0. The van der Waals surface area contributed by atoms with E-state index in [1.165, 1.54) is 23.5 Å². The first-order valence-electron chi connectivity index (χ1n) is 7.68. The van der Waals surface area contributed by atoms with Crippen LogP contribution in [-0.2, 0) is 16.1 Å². The SMILES string of the molecule is Cc1c(O)ccc2c(COC(=O)CNC(=O)c3cccs3)cc(=O)oc12. The number of thiophene rings is 1. The fourth-order valence-corrected chi connectivity index (χ4v) is 3.03. The number of carbonyl (C=O) groups excluding carboxylic acids is 2. The highest BCUT2D eigenvalue weighted by Gasteiger charge is 2.13. The van der Waals surface area contributed by atoms with Crippen molar-refractivity contribution in [2.24, 2.45) is 0 Å². The zero-order valence-electron chi connectivity index (χ0n) is 13.8. The number of phenols is 1. The first-order valence-corrected chi connectivity index (χ1v) is 8.56. The maximum Gasteiger partial charge on any atom is 0.336 e. The van der Waals surface area contributed by atoms with Gasteiger partial charge in [-0.2, -0.15) is 0 Å². The lowest BCUT2D eigenvalue weighted by Crippen LogP contribution is -2.30. The van der Waals surface area contributed by atoms with E-state index < -0.39 is 11.6 Å². The summed E-state index contributed by atoms with van der Waals surface area (Å²) < 4.78 is 10.3. The van der Waals surface area contributed by atoms with E-state index in [2.05, 4.69) is 5.32 Å². The summed E-state index contributed by atoms with van der Waals surface area (Å²) in [4.78, 5) is 35.9. The maximum absolute atomic E-state index is 11.9. The molecule has 0 aliphatic heterocycles. The zero-order valence-corrected chi connectivity index (χ0v) is 14.6. The molecule has 0 fully saturated rings. The first-order chi connectivity index (χ1) is 12.5. The Labute approximate surface area is 151 Å². The number of benzene rings is 1. The number of aryl methyl sites for hydroxylation is 1. The minimum atomic E-state index is -0.633. The van der Waals surface area contributed by atoms with Crippen LogP contribution in [0.2, 0.25) is 0 Å². The molecule has 134 valence electrons. The van der Waals surface area contributed by atoms with Gasteiger partial charge >= 0.3 is 11.6 Å². The molecule has 0 saturated carbocycles. The predicted octanol–water partition coefficient (Wildman–Crippen LogP) is 2.34. The number of amides is 1. The number of rotatable bonds is 5. The Balaban J connectivity index is 1.68. The molecule has 0 saturated heterocycles. The molecule has 0 unspecified atom stereocenters. The number of ether oxygens (including phenoxy) is 1. The van der Waals surface area contributed by atoms with Crippen molar-refractivity contribution in [3.8, 4) is 5.75 Å². The van der Waals surface area contributed by atoms with Crippen LogP contribution in [0.1, 0.15) is 20.8 Å². The Morgan fingerprint density at radius 1 is 1.31 bits per heavy atom. The van der Waals surface area contributed by atoms with Gasteiger partial charge in [0.25, 0.3) is 5.91 Å². The second kappa shape index (κ2) is 7.40. The number of phenolic OH excluding ortho intramolecular Hbond substituents is 1. The highest BCUT2D eigenvalue weighted by Crippen LogP contribution is 2.27. The van der Waals surface area contributed by atoms with Crippen LogP contribution >= 0.6 is 11.3 Å². The summed E-state index contributed by atoms with van der Waals surface area (Å²) in [6.07, 6.45) is 0. The third-order valence-corrected chi connectivity index (χ3v) is 4.61. The molecule has 0 bridgehead atoms. The average molecular weight is 373 g/mol. The number of nitrogens with one attached hydrogen (secondary N) is 1. The van der Waals surface area contributed by atoms with Crippen molar-refractivity contribution in [3.05, 3.63) is 62.1 Å². The molecular weight excluding hydrogens is 358 g/mol. The van der Waals surface area contributed by atoms with Crippen molar-refractivity contribution in [2.75, 3.05) is 6.54 Å². The van der Waals surface area contributed by atoms with E-state index >= 15 is 0 Å². The average Bonchev–Trinajstić information content (AvgIpc) is 3.16. The monoisotopic (exact) mass is 373 g/mol. The largest absolute Gasteiger partial charge is 0.508 e. The fraction of sp³-hybridized carbons (Fsp3) is 0.167. The van der Waals surface area contributed by atoms with Gasteiger partial charge in [0.15, 0.2) is 0 Å². The van der Waals surface area contributed by atoms with Crippen LogP contribution in [0.5, 0.6) is 5.75 Å². The Morgan fingerprint density at radius 2 is 2.12 bits per heavy atom. The number of aromatic hydroxyl groups is 1. The van der Waals surface area contributed by atoms with E-state index in [0.717, 1.165) is 0 Å². The Bertz CT molecular complexity index is 1020. The molecule has 0 radical (unpaired) electrons. The quantitative estimate of drug-likeness (QED) is 0.525. The third kappa shape index (κ3) is 3.75. The van der Waals surface area contributed by atoms with Gasteiger partial charge in [-0.15, -0.1) is 11.3 Å². The minimum absolute atomic E-state index is 0.00563. The van der Waals surface area contributed by atoms with Gasteiger partial charge in [-0.1, -0.05) is 6.07 Å². The van der Waals surface area contributed by atoms with Gasteiger partial charge in [-0.3, -0.25) is 9.59 Å². The molecule has 2 aromatic heterocycles. The first kappa shape index (κ1) is 17.7. The number of hydrogen-bond acceptors (Lipinski definition) is 7. The highest BCUT2D eigenvalue weighted by atomic mass is 32.1. The van der Waals surface area contributed by atoms with Crippen molar-refractivity contribution in [3.63, 3.8) is 0 Å². The molecule has 2 heterocycles. The van der Waals surface area contributed by atoms with Crippen LogP contribution in [0.4, 0.5) is 0 Å². The highest BCUT2D eigenvalue weighted by molar-refractivity contribution is 7.12. The van der Waals surface area contributed by atoms with Crippen LogP contribution < -0.4 is 10.9 Å². The Hall–Kier alpha value is -3.13. The lowest BCUT2D eigenvalue weighted by Gasteiger charge is -2.09. The van der Waals surface area contributed by atoms with Gasteiger partial charge in [0.1, 0.15) is 24.5 Å². The summed E-state index contributed by atoms with van der Waals surface area (Å²) in [6, 6.07) is 7.69. The summed E-state index contributed by atoms with van der Waals surface area (Å²) in [6.45, 7) is 1.19. The molecule has 2 N–H and O–H groups in total. The van der Waals surface area contributed by atoms with E-state index in [0.29, 0.717) is 21.4 Å². The van der Waals surface area contributed by atoms with Crippen molar-refractivity contribution in [1.82, 2.24) is 5.32 Å². The summed E-state index contributed by atoms with van der Waals surface area (Å²) in [5.74, 6) is -0.980. The van der Waals surface area contributed by atoms with Crippen molar-refractivity contribution < 1.29 is 23.8 Å². The second-order valence-electron chi connectivity index (χ2n) is 5.50. The number of fused-ring (bicyclic) bond motifs is 1. The molecule has 0 aliphatic rings. The predicted molar refractivity (Wildman–Crippen MR) is 95.3 cm³/mol. The van der Waals surface area contributed by atoms with Crippen LogP contribution in [0.25, 0.3) is 11.0 Å². The normalized spacial score (nSPS) is 10.7. The molecule has 26 heavy (non-hydrogen) atoms. The number of carbonyl (C=O) groups is 2. The summed E-state index contributed by atoms with van der Waals surface area (Å²) in [5.41, 5.74) is 0.520. The van der Waals surface area contributed by atoms with Crippen molar-refractivity contribution in [1.29, 1.82) is 0 Å². The summed E-state index contributed by atoms with van der Waals surface area (Å²) in [5, 5.41) is 14.5. The van der Waals surface area contributed by atoms with E-state index in [9.17, 15) is 19.5 Å². The Kier molecular flexibility index (Phi) is 5.04. The molecular formula is C18H15NO6S. The molecule has 3 rings (SSSR count). The smallest absolute Gasteiger partial charge is 0.336 e. The second-order valence-corrected chi connectivity index (χ2v) is 6.45. The molecule has 1 aromatic carbocycles. The lowest BCUT2D eigenvalue weighted by atomic mass is 10.1. The van der Waals surface area contributed by atoms with Crippen molar-refractivity contribution >= 4 is 34.2 Å². The number of esters is 1. The fourth-order valence-electron chi connectivity index (χ4n) is 2.39. The Morgan fingerprint density at radius 3 is 2.85 bits per heavy atom. The van der Waals surface area contributed by atoms with E-state index in [4.69, 9.17) is 9.15 Å². The van der Waals surface area contributed by atoms with E-state index in [1.807, 2.05) is 0 Å². The summed E-state index contributed by atoms with van der Waals surface area (Å²) >= 11 is 1.27. The third-order valence-electron chi connectivity index (χ3n) is 3.74.